The van der Waals surface area contributed by atoms with Crippen LogP contribution in [0, 0.1) is 18.8 Å². The van der Waals surface area contributed by atoms with E-state index in [4.69, 9.17) is 9.72 Å². The van der Waals surface area contributed by atoms with Gasteiger partial charge in [-0.1, -0.05) is 139 Å². The van der Waals surface area contributed by atoms with E-state index in [0.717, 1.165) is 40.8 Å². The topological polar surface area (TPSA) is 27.1 Å². The maximum atomic E-state index is 7.00. The zero-order chi connectivity index (χ0) is 44.4. The van der Waals surface area contributed by atoms with Crippen molar-refractivity contribution in [2.24, 2.45) is 0 Å². The molecule has 2 atom stereocenters. The molecule has 9 rings (SSSR count). The SMILES string of the molecule is CCC(CC)c1cccc([N@+]23[CH-][N+]2(c2[c-]c(Oc4[c-]c5c(cc4)c4ccc(C(C)(C)C)cc4n5-c4cc(C(C)(C)C)ccn4)cc(C(C)(C)C)c2)c2cc(C(C)(C)C)ccc23)c1.[Pt]. The Hall–Kier alpha value is -4.54. The third kappa shape index (κ3) is 7.31. The molecule has 0 aliphatic carbocycles. The first-order chi connectivity index (χ1) is 29.1. The molecule has 7 aromatic rings. The number of aromatic nitrogens is 2. The molecule has 63 heavy (non-hydrogen) atoms. The molecule has 1 unspecified atom stereocenters. The van der Waals surface area contributed by atoms with Gasteiger partial charge in [0.15, 0.2) is 12.4 Å². The Morgan fingerprint density at radius 2 is 1.24 bits per heavy atom. The van der Waals surface area contributed by atoms with Gasteiger partial charge in [0, 0.05) is 68.5 Å². The fraction of sp³-hybridized carbons (Fsp3) is 0.368. The molecule has 2 aliphatic rings. The number of hydrogen-bond donors (Lipinski definition) is 0. The van der Waals surface area contributed by atoms with Crippen molar-refractivity contribution in [3.8, 4) is 17.3 Å². The summed E-state index contributed by atoms with van der Waals surface area (Å²) in [5.41, 5.74) is 13.3. The van der Waals surface area contributed by atoms with Crippen LogP contribution in [0.25, 0.3) is 27.6 Å². The van der Waals surface area contributed by atoms with Gasteiger partial charge >= 0.3 is 0 Å². The van der Waals surface area contributed by atoms with E-state index in [1.54, 1.807) is 0 Å². The summed E-state index contributed by atoms with van der Waals surface area (Å²) in [6.07, 6.45) is 4.18. The zero-order valence-electron chi connectivity index (χ0n) is 39.9. The predicted octanol–water partition coefficient (Wildman–Crippen LogP) is 16.0. The van der Waals surface area contributed by atoms with E-state index in [9.17, 15) is 0 Å². The van der Waals surface area contributed by atoms with Crippen molar-refractivity contribution in [1.82, 2.24) is 18.7 Å². The van der Waals surface area contributed by atoms with Crippen LogP contribution < -0.4 is 13.9 Å². The number of fused-ring (bicyclic) bond motifs is 7. The molecule has 0 N–H and O–H groups in total. The van der Waals surface area contributed by atoms with Gasteiger partial charge in [-0.25, -0.2) is 9.58 Å². The van der Waals surface area contributed by atoms with Gasteiger partial charge in [-0.2, -0.15) is 10.7 Å². The Balaban J connectivity index is 0.00000544. The monoisotopic (exact) mass is 1020 g/mol. The van der Waals surface area contributed by atoms with Crippen LogP contribution in [0.4, 0.5) is 22.7 Å². The van der Waals surface area contributed by atoms with E-state index in [1.807, 2.05) is 6.20 Å². The smallest absolute Gasteiger partial charge is 0.225 e. The average Bonchev–Trinajstić information content (AvgIpc) is 3.71. The van der Waals surface area contributed by atoms with E-state index in [0.29, 0.717) is 26.6 Å². The van der Waals surface area contributed by atoms with Gasteiger partial charge in [0.2, 0.25) is 11.4 Å². The van der Waals surface area contributed by atoms with Gasteiger partial charge in [-0.05, 0) is 86.3 Å². The molecule has 0 radical (unpaired) electrons. The number of hydrogen-bond acceptors (Lipinski definition) is 2. The Bertz CT molecular complexity index is 2890. The van der Waals surface area contributed by atoms with Crippen LogP contribution in [0.3, 0.4) is 0 Å². The van der Waals surface area contributed by atoms with Crippen molar-refractivity contribution in [3.05, 3.63) is 150 Å². The zero-order valence-corrected chi connectivity index (χ0v) is 42.2. The third-order valence-electron chi connectivity index (χ3n) is 13.7. The van der Waals surface area contributed by atoms with Crippen molar-refractivity contribution in [1.29, 1.82) is 0 Å². The van der Waals surface area contributed by atoms with E-state index in [2.05, 4.69) is 217 Å². The molecule has 0 bridgehead atoms. The Labute approximate surface area is 391 Å². The molecule has 4 heterocycles. The number of ether oxygens (including phenoxy) is 1. The molecule has 6 heteroatoms. The molecule has 5 aromatic carbocycles. The van der Waals surface area contributed by atoms with Crippen molar-refractivity contribution >= 4 is 44.6 Å². The summed E-state index contributed by atoms with van der Waals surface area (Å²) in [5, 5.41) is 2.29. The molecule has 0 amide bonds. The molecule has 1 fully saturated rings. The Kier molecular flexibility index (Phi) is 10.9. The number of nitrogens with zero attached hydrogens (tertiary/aromatic N) is 4. The minimum Gasteiger partial charge on any atom is -0.509 e. The van der Waals surface area contributed by atoms with Crippen molar-refractivity contribution < 1.29 is 25.8 Å². The number of quaternary nitrogens is 2. The predicted molar refractivity (Wildman–Crippen MR) is 261 cm³/mol. The van der Waals surface area contributed by atoms with Gasteiger partial charge in [0.25, 0.3) is 0 Å². The fourth-order valence-electron chi connectivity index (χ4n) is 9.70. The number of benzene rings is 5. The van der Waals surface area contributed by atoms with Crippen molar-refractivity contribution in [2.75, 3.05) is 0 Å². The van der Waals surface area contributed by atoms with Gasteiger partial charge < -0.3 is 9.30 Å². The second-order valence-corrected chi connectivity index (χ2v) is 22.1. The molecule has 0 spiro atoms. The van der Waals surface area contributed by atoms with E-state index < -0.39 is 0 Å². The van der Waals surface area contributed by atoms with Crippen LogP contribution in [0.15, 0.2) is 103 Å². The molecule has 2 aliphatic heterocycles. The molecule has 0 saturated carbocycles. The summed E-state index contributed by atoms with van der Waals surface area (Å²) in [5.74, 6) is 2.73. The first kappa shape index (κ1) is 45.0. The summed E-state index contributed by atoms with van der Waals surface area (Å²) in [7, 11) is 0. The molecule has 5 nitrogen and oxygen atoms in total. The maximum Gasteiger partial charge on any atom is 0.225 e. The Morgan fingerprint density at radius 1 is 0.603 bits per heavy atom. The van der Waals surface area contributed by atoms with Crippen LogP contribution in [0.1, 0.15) is 144 Å². The molecular formula is C57H65N4OPt-. The largest absolute Gasteiger partial charge is 0.509 e. The fourth-order valence-corrected chi connectivity index (χ4v) is 9.70. The summed E-state index contributed by atoms with van der Waals surface area (Å²) < 4.78 is 10.5. The molecular weight excluding hydrogens is 952 g/mol. The minimum absolute atomic E-state index is 0. The normalized spacial score (nSPS) is 18.5. The molecule has 2 aromatic heterocycles. The second-order valence-electron chi connectivity index (χ2n) is 22.1. The van der Waals surface area contributed by atoms with Crippen LogP contribution in [0.5, 0.6) is 11.5 Å². The number of pyridine rings is 1. The molecule has 1 saturated heterocycles. The van der Waals surface area contributed by atoms with Crippen molar-refractivity contribution in [2.45, 2.75) is 137 Å². The average molecular weight is 1020 g/mol. The van der Waals surface area contributed by atoms with Crippen LogP contribution in [0.2, 0.25) is 0 Å². The van der Waals surface area contributed by atoms with Gasteiger partial charge in [-0.3, -0.25) is 0 Å². The first-order valence-corrected chi connectivity index (χ1v) is 22.8. The van der Waals surface area contributed by atoms with E-state index >= 15 is 0 Å². The summed E-state index contributed by atoms with van der Waals surface area (Å²) in [6, 6.07) is 44.1. The van der Waals surface area contributed by atoms with Crippen LogP contribution in [-0.4, -0.2) is 9.55 Å². The second kappa shape index (κ2) is 15.3. The minimum atomic E-state index is -0.142. The first-order valence-electron chi connectivity index (χ1n) is 22.8. The Morgan fingerprint density at radius 3 is 1.90 bits per heavy atom. The van der Waals surface area contributed by atoms with Gasteiger partial charge in [0.1, 0.15) is 5.82 Å². The van der Waals surface area contributed by atoms with E-state index in [-0.39, 0.29) is 42.7 Å². The standard InChI is InChI=1S/C57H65N4O.Pt/c1-15-37(16-2)38-18-17-19-43(28-38)60-36-61(60,52-32-40(55(6,7)8)21-25-51(52)60)44-29-42(57(12,13)14)30-46(34-44)62-45-22-24-48-47-23-20-39(54(3,4)5)31-49(47)59(50(48)35-45)53-33-41(26-27-58-53)56(9,10)11;/h17-33,36-37H,15-16H2,1-14H3;/q-1;/t60-,61?;/m0./s1. The van der Waals surface area contributed by atoms with Gasteiger partial charge in [0.05, 0.1) is 5.69 Å². The van der Waals surface area contributed by atoms with Crippen LogP contribution >= 0.6 is 0 Å². The van der Waals surface area contributed by atoms with Crippen LogP contribution in [-0.2, 0) is 42.7 Å². The molecule has 330 valence electrons. The summed E-state index contributed by atoms with van der Waals surface area (Å²) >= 11 is 0. The van der Waals surface area contributed by atoms with E-state index in [1.165, 1.54) is 50.3 Å². The third-order valence-corrected chi connectivity index (χ3v) is 13.7. The quantitative estimate of drug-likeness (QED) is 0.0862. The maximum absolute atomic E-state index is 7.00. The van der Waals surface area contributed by atoms with Gasteiger partial charge in [-0.15, -0.1) is 35.2 Å². The number of rotatable bonds is 8. The summed E-state index contributed by atoms with van der Waals surface area (Å²) in [6.45, 7) is 34.4. The van der Waals surface area contributed by atoms with Crippen molar-refractivity contribution in [3.63, 3.8) is 0 Å². The summed E-state index contributed by atoms with van der Waals surface area (Å²) in [4.78, 5) is 4.98.